The lowest BCUT2D eigenvalue weighted by Gasteiger charge is -2.01. The first kappa shape index (κ1) is 18.3. The van der Waals surface area contributed by atoms with Gasteiger partial charge >= 0.3 is 0 Å². The van der Waals surface area contributed by atoms with E-state index in [0.717, 1.165) is 11.1 Å². The van der Waals surface area contributed by atoms with Crippen molar-refractivity contribution in [1.82, 2.24) is 4.98 Å². The quantitative estimate of drug-likeness (QED) is 0.554. The van der Waals surface area contributed by atoms with Gasteiger partial charge in [-0.15, -0.1) is 0 Å². The Labute approximate surface area is 139 Å². The number of aromatic amines is 1. The number of rotatable bonds is 3. The smallest absolute Gasteiger partial charge is 0.0994 e. The van der Waals surface area contributed by atoms with E-state index in [2.05, 4.69) is 56.3 Å². The van der Waals surface area contributed by atoms with Crippen LogP contribution in [0.1, 0.15) is 25.0 Å². The van der Waals surface area contributed by atoms with Crippen LogP contribution in [0.2, 0.25) is 0 Å². The summed E-state index contributed by atoms with van der Waals surface area (Å²) in [6.45, 7) is 15.3. The van der Waals surface area contributed by atoms with E-state index in [1.807, 2.05) is 26.1 Å². The maximum Gasteiger partial charge on any atom is 0.0994 e. The second kappa shape index (κ2) is 8.60. The molecule has 0 aliphatic rings. The van der Waals surface area contributed by atoms with Gasteiger partial charge in [0.05, 0.1) is 11.6 Å². The first-order chi connectivity index (χ1) is 11.0. The molecule has 2 aromatic rings. The van der Waals surface area contributed by atoms with E-state index in [9.17, 15) is 0 Å². The number of H-pyrrole nitrogens is 1. The van der Waals surface area contributed by atoms with Gasteiger partial charge in [-0.1, -0.05) is 37.5 Å². The molecule has 2 heteroatoms. The second-order valence-electron chi connectivity index (χ2n) is 5.25. The minimum atomic E-state index is 0.600. The lowest BCUT2D eigenvalue weighted by Crippen LogP contribution is -1.85. The van der Waals surface area contributed by atoms with Crippen LogP contribution in [-0.4, -0.2) is 4.98 Å². The number of nitrogens with zero attached hydrogens (tertiary/aromatic N) is 1. The van der Waals surface area contributed by atoms with Crippen LogP contribution in [0.15, 0.2) is 72.5 Å². The van der Waals surface area contributed by atoms with Gasteiger partial charge in [-0.25, -0.2) is 0 Å². The summed E-state index contributed by atoms with van der Waals surface area (Å²) in [7, 11) is 0. The van der Waals surface area contributed by atoms with Crippen molar-refractivity contribution in [2.75, 3.05) is 0 Å². The monoisotopic (exact) mass is 304 g/mol. The van der Waals surface area contributed by atoms with Crippen LogP contribution in [-0.2, 0) is 0 Å². The second-order valence-corrected chi connectivity index (χ2v) is 5.25. The number of hydrogen-bond acceptors (Lipinski definition) is 1. The van der Waals surface area contributed by atoms with Crippen molar-refractivity contribution >= 4 is 10.9 Å². The van der Waals surface area contributed by atoms with Crippen LogP contribution in [0, 0.1) is 25.2 Å². The molecule has 0 radical (unpaired) electrons. The predicted octanol–water partition coefficient (Wildman–Crippen LogP) is 5.93. The molecule has 0 bridgehead atoms. The van der Waals surface area contributed by atoms with Crippen molar-refractivity contribution in [2.24, 2.45) is 0 Å². The molecule has 0 aliphatic carbocycles. The fourth-order valence-corrected chi connectivity index (χ4v) is 2.32. The molecular weight excluding hydrogens is 280 g/mol. The molecule has 1 aromatic heterocycles. The maximum atomic E-state index is 8.70. The third-order valence-electron chi connectivity index (χ3n) is 3.97. The third kappa shape index (κ3) is 4.34. The highest BCUT2D eigenvalue weighted by atomic mass is 14.7. The molecule has 0 saturated heterocycles. The van der Waals surface area contributed by atoms with E-state index in [4.69, 9.17) is 5.26 Å². The standard InChI is InChI=1S/C11H13N.C10H11N/c1-5-10(6-2)9(4)11(7-3)8-12;1-7-3-4-10-9(8(7)2)5-6-11-10/h5-7H,1,3H2,2,4H3;3-6,11H,1-2H3/b10-6-,11-9+;. The Kier molecular flexibility index (Phi) is 6.83. The average Bonchev–Trinajstić information content (AvgIpc) is 3.03. The molecule has 0 unspecified atom stereocenters. The molecule has 2 rings (SSSR count). The number of nitriles is 1. The van der Waals surface area contributed by atoms with E-state index in [1.165, 1.54) is 22.0 Å². The highest BCUT2D eigenvalue weighted by molar-refractivity contribution is 5.83. The van der Waals surface area contributed by atoms with Crippen LogP contribution < -0.4 is 0 Å². The Morgan fingerprint density at radius 3 is 2.39 bits per heavy atom. The van der Waals surface area contributed by atoms with Gasteiger partial charge in [0.25, 0.3) is 0 Å². The largest absolute Gasteiger partial charge is 0.361 e. The Balaban J connectivity index is 0.000000230. The summed E-state index contributed by atoms with van der Waals surface area (Å²) in [5, 5.41) is 10.0. The van der Waals surface area contributed by atoms with Crippen LogP contribution in [0.25, 0.3) is 10.9 Å². The minimum absolute atomic E-state index is 0.600. The predicted molar refractivity (Wildman–Crippen MR) is 100 cm³/mol. The Bertz CT molecular complexity index is 808. The van der Waals surface area contributed by atoms with E-state index >= 15 is 0 Å². The highest BCUT2D eigenvalue weighted by Crippen LogP contribution is 2.19. The Morgan fingerprint density at radius 2 is 1.87 bits per heavy atom. The molecule has 2 nitrogen and oxygen atoms in total. The van der Waals surface area contributed by atoms with Crippen molar-refractivity contribution in [2.45, 2.75) is 27.7 Å². The topological polar surface area (TPSA) is 39.6 Å². The molecule has 1 N–H and O–H groups in total. The van der Waals surface area contributed by atoms with Crippen molar-refractivity contribution < 1.29 is 0 Å². The first-order valence-corrected chi connectivity index (χ1v) is 7.55. The van der Waals surface area contributed by atoms with Crippen molar-refractivity contribution in [1.29, 1.82) is 5.26 Å². The number of aryl methyl sites for hydroxylation is 2. The molecule has 0 fully saturated rings. The molecule has 0 atom stereocenters. The molecule has 1 aromatic carbocycles. The van der Waals surface area contributed by atoms with Gasteiger partial charge < -0.3 is 4.98 Å². The van der Waals surface area contributed by atoms with Crippen LogP contribution in [0.3, 0.4) is 0 Å². The zero-order chi connectivity index (χ0) is 17.4. The summed E-state index contributed by atoms with van der Waals surface area (Å²) in [5.74, 6) is 0. The molecule has 0 aliphatic heterocycles. The van der Waals surface area contributed by atoms with E-state index in [-0.39, 0.29) is 0 Å². The lowest BCUT2D eigenvalue weighted by atomic mass is 10.0. The Morgan fingerprint density at radius 1 is 1.17 bits per heavy atom. The number of benzene rings is 1. The maximum absolute atomic E-state index is 8.70. The molecule has 0 saturated carbocycles. The molecule has 23 heavy (non-hydrogen) atoms. The van der Waals surface area contributed by atoms with Crippen LogP contribution >= 0.6 is 0 Å². The molecule has 118 valence electrons. The van der Waals surface area contributed by atoms with Crippen LogP contribution in [0.5, 0.6) is 0 Å². The Hall–Kier alpha value is -2.79. The summed E-state index contributed by atoms with van der Waals surface area (Å²) >= 11 is 0. The number of aromatic nitrogens is 1. The highest BCUT2D eigenvalue weighted by Gasteiger charge is 1.99. The summed E-state index contributed by atoms with van der Waals surface area (Å²) in [6, 6.07) is 8.47. The van der Waals surface area contributed by atoms with E-state index < -0.39 is 0 Å². The first-order valence-electron chi connectivity index (χ1n) is 7.55. The minimum Gasteiger partial charge on any atom is -0.361 e. The number of allylic oxidation sites excluding steroid dienone is 6. The van der Waals surface area contributed by atoms with Gasteiger partial charge in [-0.2, -0.15) is 5.26 Å². The van der Waals surface area contributed by atoms with Gasteiger partial charge in [0, 0.05) is 17.1 Å². The number of nitrogens with one attached hydrogen (secondary N) is 1. The molecular formula is C21H24N2. The lowest BCUT2D eigenvalue weighted by molar-refractivity contribution is 1.36. The van der Waals surface area contributed by atoms with Gasteiger partial charge in [0.2, 0.25) is 0 Å². The fraction of sp³-hybridized carbons (Fsp3) is 0.190. The third-order valence-corrected chi connectivity index (χ3v) is 3.97. The number of fused-ring (bicyclic) bond motifs is 1. The molecule has 1 heterocycles. The zero-order valence-corrected chi connectivity index (χ0v) is 14.4. The van der Waals surface area contributed by atoms with Gasteiger partial charge in [0.1, 0.15) is 0 Å². The van der Waals surface area contributed by atoms with E-state index in [0.29, 0.717) is 5.57 Å². The van der Waals surface area contributed by atoms with Crippen molar-refractivity contribution in [3.05, 3.63) is 83.6 Å². The van der Waals surface area contributed by atoms with E-state index in [1.54, 1.807) is 12.2 Å². The fourth-order valence-electron chi connectivity index (χ4n) is 2.32. The summed E-state index contributed by atoms with van der Waals surface area (Å²) in [5.41, 5.74) is 6.47. The number of hydrogen-bond donors (Lipinski definition) is 1. The normalized spacial score (nSPS) is 11.9. The summed E-state index contributed by atoms with van der Waals surface area (Å²) in [4.78, 5) is 3.19. The summed E-state index contributed by atoms with van der Waals surface area (Å²) < 4.78 is 0. The van der Waals surface area contributed by atoms with Crippen LogP contribution in [0.4, 0.5) is 0 Å². The van der Waals surface area contributed by atoms with Crippen molar-refractivity contribution in [3.63, 3.8) is 0 Å². The van der Waals surface area contributed by atoms with Gasteiger partial charge in [-0.05, 0) is 62.1 Å². The SMILES string of the molecule is C=CC(=C/C)/C(C)=C(/C#N)C=C.Cc1ccc2[nH]ccc2c1C. The zero-order valence-electron chi connectivity index (χ0n) is 14.4. The average molecular weight is 304 g/mol. The van der Waals surface area contributed by atoms with Gasteiger partial charge in [-0.3, -0.25) is 0 Å². The van der Waals surface area contributed by atoms with Crippen molar-refractivity contribution in [3.8, 4) is 6.07 Å². The molecule has 0 amide bonds. The molecule has 0 spiro atoms. The summed E-state index contributed by atoms with van der Waals surface area (Å²) in [6.07, 6.45) is 7.19. The van der Waals surface area contributed by atoms with Gasteiger partial charge in [0.15, 0.2) is 0 Å².